The van der Waals surface area contributed by atoms with Gasteiger partial charge in [-0.05, 0) is 18.6 Å². The van der Waals surface area contributed by atoms with Gasteiger partial charge in [0.1, 0.15) is 5.69 Å². The second-order valence-corrected chi connectivity index (χ2v) is 5.24. The first-order valence-electron chi connectivity index (χ1n) is 6.93. The van der Waals surface area contributed by atoms with Crippen LogP contribution in [0.25, 0.3) is 22.4 Å². The van der Waals surface area contributed by atoms with Gasteiger partial charge in [0.2, 0.25) is 11.7 Å². The van der Waals surface area contributed by atoms with Gasteiger partial charge in [-0.1, -0.05) is 41.6 Å². The van der Waals surface area contributed by atoms with Crippen LogP contribution in [0.15, 0.2) is 53.1 Å². The molecular formula is C16H14N4O. The third kappa shape index (κ3) is 2.21. The monoisotopic (exact) mass is 278 g/mol. The van der Waals surface area contributed by atoms with Gasteiger partial charge in [-0.25, -0.2) is 4.98 Å². The van der Waals surface area contributed by atoms with Crippen molar-refractivity contribution in [1.82, 2.24) is 15.1 Å². The Hall–Kier alpha value is -2.53. The fraction of sp³-hybridized carbons (Fsp3) is 0.188. The number of nitrogens with two attached hydrogens (primary N) is 1. The molecule has 0 spiro atoms. The Bertz CT molecular complexity index is 824. The number of hydrogen-bond acceptors (Lipinski definition) is 5. The molecule has 104 valence electrons. The molecule has 0 radical (unpaired) electrons. The van der Waals surface area contributed by atoms with E-state index in [0.717, 1.165) is 23.0 Å². The van der Waals surface area contributed by atoms with Gasteiger partial charge in [0.25, 0.3) is 0 Å². The Labute approximate surface area is 121 Å². The molecule has 2 heterocycles. The number of fused-ring (bicyclic) bond motifs is 1. The molecule has 4 rings (SSSR count). The number of nitrogens with zero attached hydrogens (tertiary/aromatic N) is 3. The summed E-state index contributed by atoms with van der Waals surface area (Å²) in [5, 5.41) is 5.13. The third-order valence-corrected chi connectivity index (χ3v) is 3.70. The van der Waals surface area contributed by atoms with Crippen LogP contribution in [0, 0.1) is 0 Å². The zero-order valence-corrected chi connectivity index (χ0v) is 11.3. The SMILES string of the molecule is NC1C=CC(c2nc(-c3ccc4ccccc4n3)no2)C1. The van der Waals surface area contributed by atoms with Crippen molar-refractivity contribution in [1.29, 1.82) is 0 Å². The Morgan fingerprint density at radius 1 is 1.05 bits per heavy atom. The molecule has 21 heavy (non-hydrogen) atoms. The van der Waals surface area contributed by atoms with Crippen molar-refractivity contribution in [3.05, 3.63) is 54.4 Å². The molecule has 2 N–H and O–H groups in total. The van der Waals surface area contributed by atoms with Crippen LogP contribution in [0.3, 0.4) is 0 Å². The molecule has 1 aliphatic rings. The molecule has 0 saturated heterocycles. The average Bonchev–Trinajstić information content (AvgIpc) is 3.15. The van der Waals surface area contributed by atoms with Crippen molar-refractivity contribution in [3.63, 3.8) is 0 Å². The molecule has 1 aliphatic carbocycles. The van der Waals surface area contributed by atoms with Crippen molar-refractivity contribution in [3.8, 4) is 11.5 Å². The molecular weight excluding hydrogens is 264 g/mol. The average molecular weight is 278 g/mol. The predicted molar refractivity (Wildman–Crippen MR) is 79.5 cm³/mol. The maximum Gasteiger partial charge on any atom is 0.234 e. The second-order valence-electron chi connectivity index (χ2n) is 5.24. The lowest BCUT2D eigenvalue weighted by molar-refractivity contribution is 0.364. The van der Waals surface area contributed by atoms with Crippen LogP contribution in [0.2, 0.25) is 0 Å². The zero-order valence-electron chi connectivity index (χ0n) is 11.3. The maximum atomic E-state index is 5.85. The van der Waals surface area contributed by atoms with Gasteiger partial charge in [-0.2, -0.15) is 4.98 Å². The molecule has 1 aromatic carbocycles. The minimum atomic E-state index is 0.0733. The topological polar surface area (TPSA) is 77.8 Å². The standard InChI is InChI=1S/C16H14N4O/c17-12-7-5-11(9-12)16-19-15(20-21-16)14-8-6-10-3-1-2-4-13(10)18-14/h1-8,11-12H,9,17H2. The van der Waals surface area contributed by atoms with Crippen LogP contribution in [0.4, 0.5) is 0 Å². The van der Waals surface area contributed by atoms with Crippen molar-refractivity contribution >= 4 is 10.9 Å². The lowest BCUT2D eigenvalue weighted by Gasteiger charge is -2.02. The summed E-state index contributed by atoms with van der Waals surface area (Å²) in [7, 11) is 0. The smallest absolute Gasteiger partial charge is 0.234 e. The van der Waals surface area contributed by atoms with E-state index in [1.54, 1.807) is 0 Å². The third-order valence-electron chi connectivity index (χ3n) is 3.70. The highest BCUT2D eigenvalue weighted by Gasteiger charge is 2.23. The number of pyridine rings is 1. The van der Waals surface area contributed by atoms with E-state index in [-0.39, 0.29) is 12.0 Å². The summed E-state index contributed by atoms with van der Waals surface area (Å²) in [5.74, 6) is 1.23. The fourth-order valence-corrected chi connectivity index (χ4v) is 2.59. The van der Waals surface area contributed by atoms with Crippen LogP contribution in [0.5, 0.6) is 0 Å². The van der Waals surface area contributed by atoms with Crippen LogP contribution < -0.4 is 5.73 Å². The number of para-hydroxylation sites is 1. The molecule has 2 aromatic heterocycles. The van der Waals surface area contributed by atoms with E-state index in [4.69, 9.17) is 10.3 Å². The van der Waals surface area contributed by atoms with Gasteiger partial charge in [0, 0.05) is 11.4 Å². The Kier molecular flexibility index (Phi) is 2.79. The Balaban J connectivity index is 1.69. The van der Waals surface area contributed by atoms with Gasteiger partial charge < -0.3 is 10.3 Å². The van der Waals surface area contributed by atoms with E-state index in [1.807, 2.05) is 48.6 Å². The van der Waals surface area contributed by atoms with Crippen LogP contribution in [0.1, 0.15) is 18.2 Å². The number of benzene rings is 1. The summed E-state index contributed by atoms with van der Waals surface area (Å²) in [6.45, 7) is 0. The van der Waals surface area contributed by atoms with Crippen molar-refractivity contribution in [2.45, 2.75) is 18.4 Å². The van der Waals surface area contributed by atoms with Crippen molar-refractivity contribution in [2.24, 2.45) is 5.73 Å². The van der Waals surface area contributed by atoms with E-state index in [9.17, 15) is 0 Å². The minimum absolute atomic E-state index is 0.0733. The van der Waals surface area contributed by atoms with Crippen molar-refractivity contribution < 1.29 is 4.52 Å². The minimum Gasteiger partial charge on any atom is -0.338 e. The van der Waals surface area contributed by atoms with Crippen LogP contribution >= 0.6 is 0 Å². The van der Waals surface area contributed by atoms with E-state index >= 15 is 0 Å². The molecule has 5 heteroatoms. The molecule has 2 unspecified atom stereocenters. The summed E-state index contributed by atoms with van der Waals surface area (Å²) in [6, 6.07) is 11.9. The molecule has 3 aromatic rings. The first-order valence-corrected chi connectivity index (χ1v) is 6.93. The number of hydrogen-bond donors (Lipinski definition) is 1. The summed E-state index contributed by atoms with van der Waals surface area (Å²) >= 11 is 0. The van der Waals surface area contributed by atoms with E-state index in [2.05, 4.69) is 15.1 Å². The molecule has 0 saturated carbocycles. The molecule has 2 atom stereocenters. The highest BCUT2D eigenvalue weighted by molar-refractivity contribution is 5.80. The second kappa shape index (κ2) is 4.79. The lowest BCUT2D eigenvalue weighted by Crippen LogP contribution is -2.14. The summed E-state index contributed by atoms with van der Waals surface area (Å²) in [4.78, 5) is 9.03. The first kappa shape index (κ1) is 12.2. The Morgan fingerprint density at radius 2 is 1.95 bits per heavy atom. The molecule has 0 fully saturated rings. The van der Waals surface area contributed by atoms with Gasteiger partial charge in [0.15, 0.2) is 0 Å². The number of allylic oxidation sites excluding steroid dienone is 1. The fourth-order valence-electron chi connectivity index (χ4n) is 2.59. The Morgan fingerprint density at radius 3 is 2.81 bits per heavy atom. The van der Waals surface area contributed by atoms with Gasteiger partial charge in [-0.15, -0.1) is 0 Å². The molecule has 5 nitrogen and oxygen atoms in total. The highest BCUT2D eigenvalue weighted by atomic mass is 16.5. The molecule has 0 amide bonds. The summed E-state index contributed by atoms with van der Waals surface area (Å²) in [6.07, 6.45) is 4.81. The zero-order chi connectivity index (χ0) is 14.2. The number of aromatic nitrogens is 3. The van der Waals surface area contributed by atoms with Gasteiger partial charge in [-0.3, -0.25) is 0 Å². The first-order chi connectivity index (χ1) is 10.3. The summed E-state index contributed by atoms with van der Waals surface area (Å²) in [5.41, 5.74) is 7.49. The normalized spacial score (nSPS) is 21.2. The number of rotatable bonds is 2. The molecule has 0 bridgehead atoms. The predicted octanol–water partition coefficient (Wildman–Crippen LogP) is 2.66. The van der Waals surface area contributed by atoms with E-state index in [0.29, 0.717) is 11.7 Å². The van der Waals surface area contributed by atoms with Crippen LogP contribution in [-0.2, 0) is 0 Å². The van der Waals surface area contributed by atoms with E-state index < -0.39 is 0 Å². The van der Waals surface area contributed by atoms with Gasteiger partial charge in [0.05, 0.1) is 11.4 Å². The maximum absolute atomic E-state index is 5.85. The van der Waals surface area contributed by atoms with Crippen LogP contribution in [-0.4, -0.2) is 21.2 Å². The van der Waals surface area contributed by atoms with Crippen molar-refractivity contribution in [2.75, 3.05) is 0 Å². The van der Waals surface area contributed by atoms with Gasteiger partial charge >= 0.3 is 0 Å². The highest BCUT2D eigenvalue weighted by Crippen LogP contribution is 2.28. The quantitative estimate of drug-likeness (QED) is 0.729. The summed E-state index contributed by atoms with van der Waals surface area (Å²) < 4.78 is 5.36. The largest absolute Gasteiger partial charge is 0.338 e. The molecule has 0 aliphatic heterocycles. The van der Waals surface area contributed by atoms with E-state index in [1.165, 1.54) is 0 Å². The lowest BCUT2D eigenvalue weighted by atomic mass is 10.1.